The van der Waals surface area contributed by atoms with E-state index < -0.39 is 5.97 Å². The monoisotopic (exact) mass is 247 g/mol. The van der Waals surface area contributed by atoms with E-state index in [0.29, 0.717) is 24.1 Å². The zero-order valence-electron chi connectivity index (χ0n) is 9.76. The third-order valence-corrected chi connectivity index (χ3v) is 2.96. The number of nitrogens with zero attached hydrogens (tertiary/aromatic N) is 1. The molecule has 1 aromatic heterocycles. The van der Waals surface area contributed by atoms with Crippen molar-refractivity contribution in [3.63, 3.8) is 0 Å². The molecule has 0 amide bonds. The minimum Gasteiger partial charge on any atom is -0.478 e. The van der Waals surface area contributed by atoms with E-state index in [1.165, 1.54) is 16.7 Å². The highest BCUT2D eigenvalue weighted by molar-refractivity contribution is 5.97. The summed E-state index contributed by atoms with van der Waals surface area (Å²) >= 11 is 0. The van der Waals surface area contributed by atoms with Gasteiger partial charge in [-0.3, -0.25) is 9.59 Å². The van der Waals surface area contributed by atoms with Crippen molar-refractivity contribution < 1.29 is 14.7 Å². The fourth-order valence-electron chi connectivity index (χ4n) is 2.15. The maximum Gasteiger partial charge on any atom is 0.328 e. The van der Waals surface area contributed by atoms with Crippen LogP contribution in [-0.4, -0.2) is 21.4 Å². The lowest BCUT2D eigenvalue weighted by molar-refractivity contribution is -0.131. The molecule has 0 fully saturated rings. The van der Waals surface area contributed by atoms with Crippen LogP contribution in [0, 0.1) is 0 Å². The van der Waals surface area contributed by atoms with Gasteiger partial charge in [-0.25, -0.2) is 4.79 Å². The third-order valence-electron chi connectivity index (χ3n) is 2.96. The highest BCUT2D eigenvalue weighted by Gasteiger charge is 2.19. The van der Waals surface area contributed by atoms with Crippen molar-refractivity contribution in [3.8, 4) is 0 Å². The number of hydrogen-bond donors (Lipinski definition) is 1. The molecular weight excluding hydrogens is 234 g/mol. The Morgan fingerprint density at radius 1 is 1.33 bits per heavy atom. The zero-order chi connectivity index (χ0) is 13.1. The number of allylic oxidation sites excluding steroid dienone is 1. The second-order valence-electron chi connectivity index (χ2n) is 4.16. The van der Waals surface area contributed by atoms with Crippen LogP contribution in [0.4, 0.5) is 0 Å². The average Bonchev–Trinajstić information content (AvgIpc) is 2.32. The highest BCUT2D eigenvalue weighted by atomic mass is 16.4. The Balaban J connectivity index is 2.40. The molecule has 0 radical (unpaired) electrons. The fourth-order valence-corrected chi connectivity index (χ4v) is 2.15. The molecule has 0 atom stereocenters. The molecule has 2 rings (SSSR count). The molecule has 0 spiro atoms. The van der Waals surface area contributed by atoms with Crippen molar-refractivity contribution in [1.29, 1.82) is 0 Å². The summed E-state index contributed by atoms with van der Waals surface area (Å²) in [6.45, 7) is 0.182. The first kappa shape index (κ1) is 12.3. The summed E-state index contributed by atoms with van der Waals surface area (Å²) in [6.07, 6.45) is 4.33. The van der Waals surface area contributed by atoms with E-state index in [1.54, 1.807) is 6.07 Å². The van der Waals surface area contributed by atoms with Crippen LogP contribution in [0.25, 0.3) is 0 Å². The van der Waals surface area contributed by atoms with Gasteiger partial charge in [0.2, 0.25) is 0 Å². The molecule has 1 N–H and O–H groups in total. The van der Waals surface area contributed by atoms with Crippen molar-refractivity contribution in [2.75, 3.05) is 0 Å². The summed E-state index contributed by atoms with van der Waals surface area (Å²) in [6, 6.07) is 2.92. The van der Waals surface area contributed by atoms with Gasteiger partial charge in [0.15, 0.2) is 5.78 Å². The number of carbonyl (C=O) groups is 2. The molecule has 1 aliphatic rings. The molecule has 0 aliphatic heterocycles. The van der Waals surface area contributed by atoms with Crippen molar-refractivity contribution in [1.82, 2.24) is 4.57 Å². The van der Waals surface area contributed by atoms with Gasteiger partial charge >= 0.3 is 5.97 Å². The molecule has 18 heavy (non-hydrogen) atoms. The van der Waals surface area contributed by atoms with Crippen LogP contribution in [0.2, 0.25) is 0 Å². The van der Waals surface area contributed by atoms with Crippen LogP contribution in [0.5, 0.6) is 0 Å². The Morgan fingerprint density at radius 2 is 2.11 bits per heavy atom. The van der Waals surface area contributed by atoms with Gasteiger partial charge < -0.3 is 9.67 Å². The third kappa shape index (κ3) is 2.40. The molecule has 0 aromatic carbocycles. The number of rotatable bonds is 3. The number of Topliss-reactive ketones (excluding diaryl/α,β-unsaturated/α-hetero) is 1. The zero-order valence-corrected chi connectivity index (χ0v) is 9.76. The number of ketones is 1. The second kappa shape index (κ2) is 5.00. The summed E-state index contributed by atoms with van der Waals surface area (Å²) in [4.78, 5) is 33.8. The number of aliphatic carboxylic acids is 1. The lowest BCUT2D eigenvalue weighted by Gasteiger charge is -2.18. The summed E-state index contributed by atoms with van der Waals surface area (Å²) in [5.41, 5.74) is 1.09. The molecule has 0 saturated heterocycles. The minimum atomic E-state index is -1.05. The maximum absolute atomic E-state index is 11.7. The topological polar surface area (TPSA) is 76.4 Å². The molecular formula is C13H13NO4. The first-order valence-corrected chi connectivity index (χ1v) is 5.75. The Hall–Kier alpha value is -2.17. The van der Waals surface area contributed by atoms with Gasteiger partial charge in [-0.15, -0.1) is 0 Å². The first-order chi connectivity index (χ1) is 8.59. The summed E-state index contributed by atoms with van der Waals surface area (Å²) in [7, 11) is 0. The predicted molar refractivity (Wildman–Crippen MR) is 64.7 cm³/mol. The molecule has 0 saturated carbocycles. The van der Waals surface area contributed by atoms with Crippen LogP contribution in [-0.2, 0) is 17.8 Å². The van der Waals surface area contributed by atoms with Crippen molar-refractivity contribution in [3.05, 3.63) is 45.9 Å². The molecule has 5 heteroatoms. The summed E-state index contributed by atoms with van der Waals surface area (Å²) < 4.78 is 1.46. The number of carboxylic acid groups (broad SMARTS) is 1. The van der Waals surface area contributed by atoms with Gasteiger partial charge in [-0.05, 0) is 18.9 Å². The van der Waals surface area contributed by atoms with Gasteiger partial charge in [0.05, 0.1) is 0 Å². The van der Waals surface area contributed by atoms with E-state index in [-0.39, 0.29) is 17.9 Å². The van der Waals surface area contributed by atoms with Gasteiger partial charge in [0.1, 0.15) is 0 Å². The van der Waals surface area contributed by atoms with E-state index in [2.05, 4.69) is 0 Å². The minimum absolute atomic E-state index is 0.0483. The molecule has 0 unspecified atom stereocenters. The Kier molecular flexibility index (Phi) is 3.41. The fraction of sp³-hybridized carbons (Fsp3) is 0.308. The van der Waals surface area contributed by atoms with Crippen LogP contribution in [0.3, 0.4) is 0 Å². The first-order valence-electron chi connectivity index (χ1n) is 5.75. The highest BCUT2D eigenvalue weighted by Crippen LogP contribution is 2.19. The van der Waals surface area contributed by atoms with E-state index in [1.807, 2.05) is 0 Å². The van der Waals surface area contributed by atoms with Crippen molar-refractivity contribution in [2.24, 2.45) is 0 Å². The number of hydrogen-bond acceptors (Lipinski definition) is 3. The number of aromatic nitrogens is 1. The maximum atomic E-state index is 11.7. The van der Waals surface area contributed by atoms with Crippen LogP contribution in [0.15, 0.2) is 29.1 Å². The van der Waals surface area contributed by atoms with Crippen LogP contribution < -0.4 is 5.56 Å². The van der Waals surface area contributed by atoms with E-state index in [0.717, 1.165) is 12.5 Å². The average molecular weight is 247 g/mol. The second-order valence-corrected chi connectivity index (χ2v) is 4.16. The number of fused-ring (bicyclic) bond motifs is 1. The van der Waals surface area contributed by atoms with E-state index in [9.17, 15) is 14.4 Å². The van der Waals surface area contributed by atoms with Gasteiger partial charge in [-0.2, -0.15) is 0 Å². The number of carboxylic acids is 1. The molecule has 94 valence electrons. The quantitative estimate of drug-likeness (QED) is 0.809. The summed E-state index contributed by atoms with van der Waals surface area (Å²) in [5.74, 6) is -1.00. The van der Waals surface area contributed by atoms with E-state index >= 15 is 0 Å². The predicted octanol–water partition coefficient (Wildman–Crippen LogP) is 1.01. The van der Waals surface area contributed by atoms with Crippen LogP contribution >= 0.6 is 0 Å². The molecule has 1 heterocycles. The molecule has 1 aliphatic carbocycles. The molecule has 5 nitrogen and oxygen atoms in total. The number of carbonyl (C=O) groups excluding carboxylic acids is 1. The smallest absolute Gasteiger partial charge is 0.328 e. The molecule has 1 aromatic rings. The summed E-state index contributed by atoms with van der Waals surface area (Å²) in [5, 5.41) is 8.51. The van der Waals surface area contributed by atoms with E-state index in [4.69, 9.17) is 5.11 Å². The van der Waals surface area contributed by atoms with Crippen molar-refractivity contribution in [2.45, 2.75) is 25.8 Å². The Bertz CT molecular complexity index is 583. The SMILES string of the molecule is O=C(O)/C=C/Cn1c2c(ccc1=O)C(=O)CCC2. The lowest BCUT2D eigenvalue weighted by atomic mass is 9.94. The number of pyridine rings is 1. The molecule has 0 bridgehead atoms. The standard InChI is InChI=1S/C13H13NO4/c15-11-4-1-3-10-9(11)6-7-12(16)14(10)8-2-5-13(17)18/h2,5-7H,1,3-4,8H2,(H,17,18)/b5-2+. The Labute approximate surface area is 103 Å². The Morgan fingerprint density at radius 3 is 2.83 bits per heavy atom. The van der Waals surface area contributed by atoms with Gasteiger partial charge in [-0.1, -0.05) is 6.08 Å². The largest absolute Gasteiger partial charge is 0.478 e. The lowest BCUT2D eigenvalue weighted by Crippen LogP contribution is -2.27. The van der Waals surface area contributed by atoms with Gasteiger partial charge in [0, 0.05) is 36.4 Å². The van der Waals surface area contributed by atoms with Crippen LogP contribution in [0.1, 0.15) is 28.9 Å². The van der Waals surface area contributed by atoms with Gasteiger partial charge in [0.25, 0.3) is 5.56 Å². The normalized spacial score (nSPS) is 14.8. The van der Waals surface area contributed by atoms with Crippen molar-refractivity contribution >= 4 is 11.8 Å².